The minimum Gasteiger partial charge on any atom is -0.384 e. The molecule has 7 heteroatoms. The first-order valence-corrected chi connectivity index (χ1v) is 5.65. The first-order valence-electron chi connectivity index (χ1n) is 5.65. The zero-order valence-corrected chi connectivity index (χ0v) is 9.85. The highest BCUT2D eigenvalue weighted by Crippen LogP contribution is 2.21. The molecular formula is C11H15N5O2. The molecule has 7 nitrogen and oxygen atoms in total. The molecule has 1 saturated heterocycles. The third kappa shape index (κ3) is 2.50. The number of amides is 2. The number of hydrogen-bond acceptors (Lipinski definition) is 5. The van der Waals surface area contributed by atoms with E-state index >= 15 is 0 Å². The van der Waals surface area contributed by atoms with E-state index in [9.17, 15) is 9.59 Å². The molecule has 0 aliphatic carbocycles. The second kappa shape index (κ2) is 4.91. The van der Waals surface area contributed by atoms with Gasteiger partial charge in [0.05, 0.1) is 17.4 Å². The van der Waals surface area contributed by atoms with Crippen molar-refractivity contribution in [1.82, 2.24) is 10.3 Å². The van der Waals surface area contributed by atoms with Gasteiger partial charge in [0, 0.05) is 26.1 Å². The Bertz CT molecular complexity index is 488. The van der Waals surface area contributed by atoms with E-state index in [1.807, 2.05) is 4.90 Å². The third-order valence-electron chi connectivity index (χ3n) is 2.82. The Hall–Kier alpha value is -2.31. The van der Waals surface area contributed by atoms with Crippen LogP contribution < -0.4 is 21.7 Å². The summed E-state index contributed by atoms with van der Waals surface area (Å²) in [6.45, 7) is 1.66. The predicted molar refractivity (Wildman–Crippen MR) is 67.0 cm³/mol. The van der Waals surface area contributed by atoms with E-state index in [0.29, 0.717) is 37.3 Å². The lowest BCUT2D eigenvalue weighted by Gasteiger charge is -2.23. The average Bonchev–Trinajstić information content (AvgIpc) is 2.54. The topological polar surface area (TPSA) is 114 Å². The molecule has 0 unspecified atom stereocenters. The predicted octanol–water partition coefficient (Wildman–Crippen LogP) is -0.911. The van der Waals surface area contributed by atoms with E-state index in [1.54, 1.807) is 0 Å². The molecule has 5 N–H and O–H groups in total. The number of aromatic nitrogens is 1. The summed E-state index contributed by atoms with van der Waals surface area (Å²) in [5, 5.41) is 2.76. The molecule has 96 valence electrons. The Balaban J connectivity index is 2.31. The molecule has 2 heterocycles. The maximum atomic E-state index is 11.4. The second-order valence-electron chi connectivity index (χ2n) is 4.08. The fourth-order valence-electron chi connectivity index (χ4n) is 1.92. The monoisotopic (exact) mass is 249 g/mol. The van der Waals surface area contributed by atoms with Crippen LogP contribution >= 0.6 is 0 Å². The standard InChI is InChI=1S/C11H15N5O2/c12-9-5-7(11(13)18)8(6-15-9)16-3-1-10(17)14-2-4-16/h5-6H,1-4H2,(H2,12,15)(H2,13,18)(H,14,17). The fourth-order valence-corrected chi connectivity index (χ4v) is 1.92. The van der Waals surface area contributed by atoms with E-state index < -0.39 is 5.91 Å². The van der Waals surface area contributed by atoms with Crippen molar-refractivity contribution >= 4 is 23.3 Å². The Kier molecular flexibility index (Phi) is 3.31. The lowest BCUT2D eigenvalue weighted by Crippen LogP contribution is -2.30. The van der Waals surface area contributed by atoms with Gasteiger partial charge in [-0.25, -0.2) is 4.98 Å². The van der Waals surface area contributed by atoms with Gasteiger partial charge >= 0.3 is 0 Å². The first-order chi connectivity index (χ1) is 8.58. The highest BCUT2D eigenvalue weighted by Gasteiger charge is 2.19. The quantitative estimate of drug-likeness (QED) is 0.627. The summed E-state index contributed by atoms with van der Waals surface area (Å²) in [7, 11) is 0. The number of primary amides is 1. The Morgan fingerprint density at radius 1 is 1.44 bits per heavy atom. The van der Waals surface area contributed by atoms with Crippen LogP contribution in [-0.2, 0) is 4.79 Å². The fraction of sp³-hybridized carbons (Fsp3) is 0.364. The molecule has 0 atom stereocenters. The molecule has 1 aromatic heterocycles. The van der Waals surface area contributed by atoms with Gasteiger partial charge in [-0.2, -0.15) is 0 Å². The van der Waals surface area contributed by atoms with Crippen LogP contribution in [0.1, 0.15) is 16.8 Å². The van der Waals surface area contributed by atoms with Gasteiger partial charge in [0.15, 0.2) is 0 Å². The summed E-state index contributed by atoms with van der Waals surface area (Å²) in [6, 6.07) is 1.46. The van der Waals surface area contributed by atoms with Gasteiger partial charge in [-0.3, -0.25) is 9.59 Å². The summed E-state index contributed by atoms with van der Waals surface area (Å²) in [4.78, 5) is 28.5. The van der Waals surface area contributed by atoms with Crippen LogP contribution in [0.25, 0.3) is 0 Å². The molecule has 0 bridgehead atoms. The number of hydrogen-bond donors (Lipinski definition) is 3. The summed E-state index contributed by atoms with van der Waals surface area (Å²) in [5.41, 5.74) is 11.8. The number of anilines is 2. The van der Waals surface area contributed by atoms with Crippen molar-refractivity contribution < 1.29 is 9.59 Å². The number of rotatable bonds is 2. The maximum absolute atomic E-state index is 11.4. The third-order valence-corrected chi connectivity index (χ3v) is 2.82. The number of nitrogens with zero attached hydrogens (tertiary/aromatic N) is 2. The van der Waals surface area contributed by atoms with Crippen molar-refractivity contribution in [2.45, 2.75) is 6.42 Å². The number of nitrogens with two attached hydrogens (primary N) is 2. The Morgan fingerprint density at radius 2 is 2.22 bits per heavy atom. The van der Waals surface area contributed by atoms with Gasteiger partial charge in [-0.15, -0.1) is 0 Å². The molecule has 1 aromatic rings. The van der Waals surface area contributed by atoms with Gasteiger partial charge in [-0.05, 0) is 6.07 Å². The van der Waals surface area contributed by atoms with Crippen LogP contribution in [0.2, 0.25) is 0 Å². The largest absolute Gasteiger partial charge is 0.384 e. The summed E-state index contributed by atoms with van der Waals surface area (Å²) in [5.74, 6) is -0.305. The highest BCUT2D eigenvalue weighted by molar-refractivity contribution is 5.99. The molecule has 2 rings (SSSR count). The molecule has 0 radical (unpaired) electrons. The van der Waals surface area contributed by atoms with Gasteiger partial charge in [0.2, 0.25) is 5.91 Å². The van der Waals surface area contributed by atoms with E-state index in [-0.39, 0.29) is 11.7 Å². The molecule has 1 aliphatic rings. The molecule has 0 aromatic carbocycles. The molecule has 2 amide bonds. The van der Waals surface area contributed by atoms with Gasteiger partial charge in [0.1, 0.15) is 5.82 Å². The summed E-state index contributed by atoms with van der Waals surface area (Å²) in [6.07, 6.45) is 1.90. The second-order valence-corrected chi connectivity index (χ2v) is 4.08. The van der Waals surface area contributed by atoms with Crippen LogP contribution in [0.15, 0.2) is 12.3 Å². The molecular weight excluding hydrogens is 234 g/mol. The number of carbonyl (C=O) groups is 2. The molecule has 18 heavy (non-hydrogen) atoms. The summed E-state index contributed by atoms with van der Waals surface area (Å²) >= 11 is 0. The van der Waals surface area contributed by atoms with Crippen LogP contribution in [0.5, 0.6) is 0 Å². The lowest BCUT2D eigenvalue weighted by molar-refractivity contribution is -0.120. The minimum atomic E-state index is -0.553. The number of nitrogens with one attached hydrogen (secondary N) is 1. The van der Waals surface area contributed by atoms with Gasteiger partial charge in [-0.1, -0.05) is 0 Å². The van der Waals surface area contributed by atoms with E-state index in [0.717, 1.165) is 0 Å². The van der Waals surface area contributed by atoms with Crippen molar-refractivity contribution in [3.05, 3.63) is 17.8 Å². The maximum Gasteiger partial charge on any atom is 0.251 e. The smallest absolute Gasteiger partial charge is 0.251 e. The molecule has 0 saturated carbocycles. The van der Waals surface area contributed by atoms with E-state index in [2.05, 4.69) is 10.3 Å². The van der Waals surface area contributed by atoms with E-state index in [4.69, 9.17) is 11.5 Å². The van der Waals surface area contributed by atoms with Crippen molar-refractivity contribution in [3.8, 4) is 0 Å². The molecule has 1 fully saturated rings. The zero-order chi connectivity index (χ0) is 13.1. The molecule has 0 spiro atoms. The van der Waals surface area contributed by atoms with E-state index in [1.165, 1.54) is 12.3 Å². The van der Waals surface area contributed by atoms with Crippen LogP contribution in [0, 0.1) is 0 Å². The molecule has 1 aliphatic heterocycles. The van der Waals surface area contributed by atoms with Crippen LogP contribution in [-0.4, -0.2) is 36.4 Å². The number of nitrogen functional groups attached to an aromatic ring is 1. The first kappa shape index (κ1) is 12.2. The normalized spacial score (nSPS) is 16.0. The average molecular weight is 249 g/mol. The number of pyridine rings is 1. The van der Waals surface area contributed by atoms with Crippen LogP contribution in [0.4, 0.5) is 11.5 Å². The van der Waals surface area contributed by atoms with Crippen molar-refractivity contribution in [2.75, 3.05) is 30.3 Å². The lowest BCUT2D eigenvalue weighted by atomic mass is 10.2. The summed E-state index contributed by atoms with van der Waals surface area (Å²) < 4.78 is 0. The highest BCUT2D eigenvalue weighted by atomic mass is 16.2. The van der Waals surface area contributed by atoms with Crippen molar-refractivity contribution in [2.24, 2.45) is 5.73 Å². The Morgan fingerprint density at radius 3 is 2.94 bits per heavy atom. The number of carbonyl (C=O) groups excluding carboxylic acids is 2. The Labute approximate surface area is 104 Å². The van der Waals surface area contributed by atoms with Gasteiger partial charge in [0.25, 0.3) is 5.91 Å². The SMILES string of the molecule is NC(=O)c1cc(N)ncc1N1CCNC(=O)CC1. The zero-order valence-electron chi connectivity index (χ0n) is 9.85. The minimum absolute atomic E-state index is 0.00142. The van der Waals surface area contributed by atoms with Crippen molar-refractivity contribution in [3.63, 3.8) is 0 Å². The van der Waals surface area contributed by atoms with Gasteiger partial charge < -0.3 is 21.7 Å². The van der Waals surface area contributed by atoms with Crippen LogP contribution in [0.3, 0.4) is 0 Å². The van der Waals surface area contributed by atoms with Crippen molar-refractivity contribution in [1.29, 1.82) is 0 Å².